The molecule has 3 aliphatic heterocycles. The van der Waals surface area contributed by atoms with Gasteiger partial charge >= 0.3 is 5.97 Å². The van der Waals surface area contributed by atoms with Gasteiger partial charge in [-0.15, -0.1) is 0 Å². The zero-order valence-electron chi connectivity index (χ0n) is 18.1. The molecule has 3 fully saturated rings. The Bertz CT molecular complexity index is 780. The molecule has 9 heteroatoms. The van der Waals surface area contributed by atoms with Crippen LogP contribution in [0, 0.1) is 5.92 Å². The van der Waals surface area contributed by atoms with Crippen molar-refractivity contribution in [2.24, 2.45) is 5.92 Å². The van der Waals surface area contributed by atoms with Crippen LogP contribution < -0.4 is 0 Å². The van der Waals surface area contributed by atoms with E-state index in [4.69, 9.17) is 28.4 Å². The molecule has 7 atom stereocenters. The maximum atomic E-state index is 13.2. The topological polar surface area (TPSA) is 113 Å². The van der Waals surface area contributed by atoms with E-state index in [-0.39, 0.29) is 13.2 Å². The van der Waals surface area contributed by atoms with E-state index in [1.165, 1.54) is 0 Å². The van der Waals surface area contributed by atoms with E-state index in [0.29, 0.717) is 0 Å². The molecule has 0 bridgehead atoms. The molecule has 2 N–H and O–H groups in total. The molecule has 3 saturated heterocycles. The van der Waals surface area contributed by atoms with E-state index in [0.717, 1.165) is 5.56 Å². The molecule has 1 aromatic carbocycles. The predicted molar refractivity (Wildman–Crippen MR) is 105 cm³/mol. The Labute approximate surface area is 181 Å². The molecule has 0 saturated carbocycles. The fraction of sp³-hybridized carbons (Fsp3) is 0.682. The van der Waals surface area contributed by atoms with Gasteiger partial charge in [-0.3, -0.25) is 4.79 Å². The molecule has 0 amide bonds. The average molecular weight is 438 g/mol. The summed E-state index contributed by atoms with van der Waals surface area (Å²) in [6, 6.07) is 9.21. The quantitative estimate of drug-likeness (QED) is 0.630. The molecule has 0 aromatic heterocycles. The molecular formula is C22H30O9. The minimum absolute atomic E-state index is 0.0304. The van der Waals surface area contributed by atoms with Crippen LogP contribution in [0.1, 0.15) is 33.3 Å². The Kier molecular flexibility index (Phi) is 6.12. The lowest BCUT2D eigenvalue weighted by Crippen LogP contribution is -2.50. The molecule has 31 heavy (non-hydrogen) atoms. The molecule has 1 aromatic rings. The summed E-state index contributed by atoms with van der Waals surface area (Å²) in [5.41, 5.74) is 0.803. The van der Waals surface area contributed by atoms with Gasteiger partial charge in [-0.2, -0.15) is 0 Å². The van der Waals surface area contributed by atoms with Crippen LogP contribution in [0.4, 0.5) is 0 Å². The Morgan fingerprint density at radius 3 is 2.42 bits per heavy atom. The highest BCUT2D eigenvalue weighted by Crippen LogP contribution is 2.42. The number of carbonyl (C=O) groups is 1. The second-order valence-corrected chi connectivity index (χ2v) is 9.03. The van der Waals surface area contributed by atoms with Crippen LogP contribution in [0.15, 0.2) is 30.3 Å². The molecule has 3 aliphatic rings. The summed E-state index contributed by atoms with van der Waals surface area (Å²) in [7, 11) is 0. The number of benzene rings is 1. The highest BCUT2D eigenvalue weighted by molar-refractivity contribution is 5.74. The van der Waals surface area contributed by atoms with E-state index in [2.05, 4.69) is 0 Å². The Balaban J connectivity index is 1.56. The van der Waals surface area contributed by atoms with Gasteiger partial charge in [-0.1, -0.05) is 30.3 Å². The van der Waals surface area contributed by atoms with Gasteiger partial charge in [0.05, 0.1) is 12.7 Å². The molecular weight excluding hydrogens is 408 g/mol. The van der Waals surface area contributed by atoms with Crippen molar-refractivity contribution in [1.29, 1.82) is 0 Å². The molecule has 172 valence electrons. The maximum Gasteiger partial charge on any atom is 0.314 e. The predicted octanol–water partition coefficient (Wildman–Crippen LogP) is 1.10. The smallest absolute Gasteiger partial charge is 0.314 e. The van der Waals surface area contributed by atoms with Crippen LogP contribution in [-0.4, -0.2) is 71.2 Å². The minimum Gasteiger partial charge on any atom is -0.460 e. The summed E-state index contributed by atoms with van der Waals surface area (Å²) in [4.78, 5) is 13.2. The van der Waals surface area contributed by atoms with Gasteiger partial charge in [-0.25, -0.2) is 0 Å². The number of hydrogen-bond acceptors (Lipinski definition) is 9. The van der Waals surface area contributed by atoms with Crippen LogP contribution in [0.25, 0.3) is 0 Å². The monoisotopic (exact) mass is 438 g/mol. The molecule has 0 unspecified atom stereocenters. The van der Waals surface area contributed by atoms with Crippen molar-refractivity contribution < 1.29 is 43.4 Å². The molecule has 0 radical (unpaired) electrons. The molecule has 9 nitrogen and oxygen atoms in total. The third-order valence-corrected chi connectivity index (χ3v) is 5.69. The molecule has 4 rings (SSSR count). The second-order valence-electron chi connectivity index (χ2n) is 9.03. The van der Waals surface area contributed by atoms with Crippen LogP contribution in [0.3, 0.4) is 0 Å². The van der Waals surface area contributed by atoms with Crippen LogP contribution in [0.5, 0.6) is 0 Å². The lowest BCUT2D eigenvalue weighted by Gasteiger charge is -2.32. The molecule has 0 aliphatic carbocycles. The van der Waals surface area contributed by atoms with Crippen molar-refractivity contribution in [1.82, 2.24) is 0 Å². The third kappa shape index (κ3) is 4.78. The second kappa shape index (κ2) is 8.40. The normalized spacial score (nSPS) is 35.5. The number of carbonyl (C=O) groups excluding carboxylic acids is 1. The minimum atomic E-state index is -1.31. The SMILES string of the molecule is CC1(C)O[C@H]2[C@@H](O1)[C@H](O)O[C@@H]2[C@@H](C(=O)OCc1ccccc1)[C@@H](O)[C@H]1COC(C)(C)O1. The average Bonchev–Trinajstić information content (AvgIpc) is 3.32. The summed E-state index contributed by atoms with van der Waals surface area (Å²) in [6.45, 7) is 7.01. The van der Waals surface area contributed by atoms with Gasteiger partial charge in [0, 0.05) is 0 Å². The largest absolute Gasteiger partial charge is 0.460 e. The van der Waals surface area contributed by atoms with Crippen molar-refractivity contribution in [3.63, 3.8) is 0 Å². The third-order valence-electron chi connectivity index (χ3n) is 5.69. The standard InChI is InChI=1S/C22H30O9/c1-21(2)27-11-13(29-21)15(23)14(19(24)26-10-12-8-6-5-7-9-12)16-17-18(20(25)28-16)31-22(3,4)30-17/h5-9,13-18,20,23,25H,10-11H2,1-4H3/t13-,14+,15+,16-,17-,18-,20-/m1/s1. The summed E-state index contributed by atoms with van der Waals surface area (Å²) in [5.74, 6) is -3.72. The van der Waals surface area contributed by atoms with Crippen molar-refractivity contribution in [3.05, 3.63) is 35.9 Å². The van der Waals surface area contributed by atoms with Gasteiger partial charge in [0.1, 0.15) is 36.9 Å². The van der Waals surface area contributed by atoms with E-state index >= 15 is 0 Å². The zero-order chi connectivity index (χ0) is 22.4. The van der Waals surface area contributed by atoms with E-state index in [9.17, 15) is 15.0 Å². The molecule has 0 spiro atoms. The first-order valence-corrected chi connectivity index (χ1v) is 10.5. The maximum absolute atomic E-state index is 13.2. The van der Waals surface area contributed by atoms with Gasteiger partial charge < -0.3 is 38.6 Å². The number of esters is 1. The van der Waals surface area contributed by atoms with Gasteiger partial charge in [-0.05, 0) is 33.3 Å². The Morgan fingerprint density at radius 1 is 1.10 bits per heavy atom. The van der Waals surface area contributed by atoms with Gasteiger partial charge in [0.15, 0.2) is 17.9 Å². The van der Waals surface area contributed by atoms with E-state index in [1.54, 1.807) is 27.7 Å². The fourth-order valence-electron chi connectivity index (χ4n) is 4.30. The summed E-state index contributed by atoms with van der Waals surface area (Å²) in [6.07, 6.45) is -5.93. The lowest BCUT2D eigenvalue weighted by atomic mass is 9.88. The van der Waals surface area contributed by atoms with Crippen LogP contribution >= 0.6 is 0 Å². The van der Waals surface area contributed by atoms with Gasteiger partial charge in [0.2, 0.25) is 0 Å². The van der Waals surface area contributed by atoms with Crippen molar-refractivity contribution in [3.8, 4) is 0 Å². The Morgan fingerprint density at radius 2 is 1.77 bits per heavy atom. The number of aliphatic hydroxyl groups is 2. The number of rotatable bonds is 6. The molecule has 3 heterocycles. The van der Waals surface area contributed by atoms with Gasteiger partial charge in [0.25, 0.3) is 0 Å². The summed E-state index contributed by atoms with van der Waals surface area (Å²) >= 11 is 0. The number of aliphatic hydroxyl groups excluding tert-OH is 2. The van der Waals surface area contributed by atoms with E-state index in [1.807, 2.05) is 30.3 Å². The zero-order valence-corrected chi connectivity index (χ0v) is 18.1. The van der Waals surface area contributed by atoms with Crippen molar-refractivity contribution >= 4 is 5.97 Å². The van der Waals surface area contributed by atoms with Crippen molar-refractivity contribution in [2.75, 3.05) is 6.61 Å². The summed E-state index contributed by atoms with van der Waals surface area (Å²) in [5, 5.41) is 21.5. The first kappa shape index (κ1) is 22.6. The number of fused-ring (bicyclic) bond motifs is 1. The first-order valence-electron chi connectivity index (χ1n) is 10.5. The summed E-state index contributed by atoms with van der Waals surface area (Å²) < 4.78 is 34.1. The Hall–Kier alpha value is -1.59. The first-order chi connectivity index (χ1) is 14.6. The number of hydrogen-bond donors (Lipinski definition) is 2. The lowest BCUT2D eigenvalue weighted by molar-refractivity contribution is -0.235. The highest BCUT2D eigenvalue weighted by Gasteiger charge is 2.60. The number of ether oxygens (including phenoxy) is 6. The highest BCUT2D eigenvalue weighted by atomic mass is 16.8. The van der Waals surface area contributed by atoms with E-state index < -0.39 is 60.3 Å². The fourth-order valence-corrected chi connectivity index (χ4v) is 4.30. The van der Waals surface area contributed by atoms with Crippen LogP contribution in [0.2, 0.25) is 0 Å². The van der Waals surface area contributed by atoms with Crippen LogP contribution in [-0.2, 0) is 39.8 Å². The van der Waals surface area contributed by atoms with Crippen molar-refractivity contribution in [2.45, 2.75) is 82.7 Å².